The van der Waals surface area contributed by atoms with Gasteiger partial charge in [-0.1, -0.05) is 40.9 Å². The molecule has 0 aliphatic rings. The van der Waals surface area contributed by atoms with Gasteiger partial charge in [0.25, 0.3) is 0 Å². The summed E-state index contributed by atoms with van der Waals surface area (Å²) in [6, 6.07) is 10.5. The van der Waals surface area contributed by atoms with Crippen LogP contribution in [0.2, 0.25) is 15.1 Å². The number of nitrogens with zero attached hydrogens (tertiary/aromatic N) is 1. The van der Waals surface area contributed by atoms with Gasteiger partial charge < -0.3 is 14.4 Å². The molecule has 3 aromatic rings. The Balaban J connectivity index is 2.16. The van der Waals surface area contributed by atoms with Crippen molar-refractivity contribution in [3.8, 4) is 5.88 Å². The highest BCUT2D eigenvalue weighted by Gasteiger charge is 2.20. The van der Waals surface area contributed by atoms with E-state index in [-0.39, 0.29) is 5.88 Å². The fraction of sp³-hybridized carbons (Fsp3) is 0.0625. The number of benzene rings is 2. The van der Waals surface area contributed by atoms with Crippen molar-refractivity contribution < 1.29 is 14.6 Å². The van der Waals surface area contributed by atoms with Crippen molar-refractivity contribution in [2.75, 3.05) is 0 Å². The van der Waals surface area contributed by atoms with Gasteiger partial charge in [0.15, 0.2) is 0 Å². The summed E-state index contributed by atoms with van der Waals surface area (Å²) in [4.78, 5) is 11.0. The largest absolute Gasteiger partial charge is 0.512 e. The monoisotopic (exact) mass is 447 g/mol. The summed E-state index contributed by atoms with van der Waals surface area (Å²) in [6.45, 7) is 0.350. The van der Waals surface area contributed by atoms with Crippen molar-refractivity contribution in [1.82, 2.24) is 4.57 Å². The third kappa shape index (κ3) is 3.35. The molecule has 0 fully saturated rings. The molecule has 0 saturated carbocycles. The number of aromatic nitrogens is 1. The van der Waals surface area contributed by atoms with Gasteiger partial charge in [0.05, 0.1) is 26.6 Å². The number of carbonyl (C=O) groups is 1. The van der Waals surface area contributed by atoms with Crippen LogP contribution in [0.15, 0.2) is 40.9 Å². The van der Waals surface area contributed by atoms with Gasteiger partial charge in [-0.3, -0.25) is 0 Å². The molecule has 0 spiro atoms. The summed E-state index contributed by atoms with van der Waals surface area (Å²) in [5, 5.41) is 11.2. The number of fused-ring (bicyclic) bond motifs is 1. The number of hydrogen-bond donors (Lipinski definition) is 1. The van der Waals surface area contributed by atoms with Crippen molar-refractivity contribution in [3.05, 3.63) is 61.5 Å². The Morgan fingerprint density at radius 2 is 1.88 bits per heavy atom. The molecule has 1 heterocycles. The zero-order valence-electron chi connectivity index (χ0n) is 11.9. The van der Waals surface area contributed by atoms with Crippen molar-refractivity contribution in [2.45, 2.75) is 6.54 Å². The lowest BCUT2D eigenvalue weighted by Crippen LogP contribution is -2.09. The summed E-state index contributed by atoms with van der Waals surface area (Å²) in [5.74, 6) is 0.172. The molecular weight excluding hydrogens is 440 g/mol. The highest BCUT2D eigenvalue weighted by atomic mass is 79.9. The predicted molar refractivity (Wildman–Crippen MR) is 98.9 cm³/mol. The van der Waals surface area contributed by atoms with Crippen LogP contribution in [0.5, 0.6) is 5.88 Å². The van der Waals surface area contributed by atoms with Crippen LogP contribution < -0.4 is 4.74 Å². The first kappa shape index (κ1) is 17.4. The highest BCUT2D eigenvalue weighted by Crippen LogP contribution is 2.39. The second-order valence-corrected chi connectivity index (χ2v) is 7.03. The second kappa shape index (κ2) is 6.84. The average molecular weight is 450 g/mol. The van der Waals surface area contributed by atoms with E-state index in [1.807, 2.05) is 6.07 Å². The smallest absolute Gasteiger partial charge is 0.449 e. The van der Waals surface area contributed by atoms with E-state index in [0.717, 1.165) is 16.5 Å². The van der Waals surface area contributed by atoms with E-state index in [1.165, 1.54) is 0 Å². The first-order valence-electron chi connectivity index (χ1n) is 6.68. The molecule has 3 rings (SSSR count). The molecule has 0 aliphatic carbocycles. The Kier molecular flexibility index (Phi) is 4.97. The molecule has 4 nitrogen and oxygen atoms in total. The summed E-state index contributed by atoms with van der Waals surface area (Å²) in [6.07, 6.45) is -1.40. The van der Waals surface area contributed by atoms with Crippen LogP contribution in [0.3, 0.4) is 0 Å². The standard InChI is InChI=1S/C16H9BrCl3NO3/c17-14-10-6-9(18)2-4-13(10)21(15(14)24-16(22)23)7-8-1-3-11(19)12(20)5-8/h1-6H,7H2,(H,22,23). The maximum atomic E-state index is 11.0. The zero-order chi connectivity index (χ0) is 17.4. The van der Waals surface area contributed by atoms with Crippen LogP contribution in [-0.2, 0) is 6.54 Å². The van der Waals surface area contributed by atoms with Crippen molar-refractivity contribution in [2.24, 2.45) is 0 Å². The lowest BCUT2D eigenvalue weighted by molar-refractivity contribution is 0.140. The molecule has 8 heteroatoms. The minimum Gasteiger partial charge on any atom is -0.449 e. The summed E-state index contributed by atoms with van der Waals surface area (Å²) in [7, 11) is 0. The lowest BCUT2D eigenvalue weighted by atomic mass is 10.2. The average Bonchev–Trinajstić information content (AvgIpc) is 2.76. The zero-order valence-corrected chi connectivity index (χ0v) is 15.7. The topological polar surface area (TPSA) is 51.5 Å². The first-order chi connectivity index (χ1) is 11.4. The van der Waals surface area contributed by atoms with E-state index in [9.17, 15) is 4.79 Å². The SMILES string of the molecule is O=C(O)Oc1c(Br)c2cc(Cl)ccc2n1Cc1ccc(Cl)c(Cl)c1. The number of halogens is 4. The molecule has 1 aromatic heterocycles. The van der Waals surface area contributed by atoms with Gasteiger partial charge in [0, 0.05) is 10.4 Å². The number of ether oxygens (including phenoxy) is 1. The Morgan fingerprint density at radius 3 is 2.54 bits per heavy atom. The van der Waals surface area contributed by atoms with Crippen LogP contribution >= 0.6 is 50.7 Å². The fourth-order valence-electron chi connectivity index (χ4n) is 2.42. The lowest BCUT2D eigenvalue weighted by Gasteiger charge is -2.10. The van der Waals surface area contributed by atoms with Gasteiger partial charge in [-0.25, -0.2) is 4.79 Å². The molecule has 24 heavy (non-hydrogen) atoms. The first-order valence-corrected chi connectivity index (χ1v) is 8.61. The van der Waals surface area contributed by atoms with Crippen LogP contribution in [0, 0.1) is 0 Å². The minimum absolute atomic E-state index is 0.172. The summed E-state index contributed by atoms with van der Waals surface area (Å²) in [5.41, 5.74) is 1.62. The highest BCUT2D eigenvalue weighted by molar-refractivity contribution is 9.10. The Hall–Kier alpha value is -1.40. The van der Waals surface area contributed by atoms with Gasteiger partial charge >= 0.3 is 6.16 Å². The van der Waals surface area contributed by atoms with Gasteiger partial charge in [-0.15, -0.1) is 0 Å². The summed E-state index contributed by atoms with van der Waals surface area (Å²) < 4.78 is 7.20. The summed E-state index contributed by atoms with van der Waals surface area (Å²) >= 11 is 21.4. The van der Waals surface area contributed by atoms with E-state index in [4.69, 9.17) is 44.6 Å². The number of hydrogen-bond acceptors (Lipinski definition) is 2. The third-order valence-corrected chi connectivity index (χ3v) is 5.17. The third-order valence-electron chi connectivity index (χ3n) is 3.43. The van der Waals surface area contributed by atoms with Gasteiger partial charge in [-0.05, 0) is 51.8 Å². The maximum absolute atomic E-state index is 11.0. The van der Waals surface area contributed by atoms with Crippen molar-refractivity contribution in [1.29, 1.82) is 0 Å². The molecular formula is C16H9BrCl3NO3. The Bertz CT molecular complexity index is 955. The predicted octanol–water partition coefficient (Wildman–Crippen LogP) is 6.47. The Labute approximate surface area is 160 Å². The van der Waals surface area contributed by atoms with Crippen LogP contribution in [-0.4, -0.2) is 15.8 Å². The molecule has 124 valence electrons. The van der Waals surface area contributed by atoms with E-state index in [1.54, 1.807) is 34.9 Å². The van der Waals surface area contributed by atoms with Crippen LogP contribution in [0.1, 0.15) is 5.56 Å². The van der Waals surface area contributed by atoms with Crippen LogP contribution in [0.25, 0.3) is 10.9 Å². The quantitative estimate of drug-likeness (QED) is 0.466. The van der Waals surface area contributed by atoms with Crippen LogP contribution in [0.4, 0.5) is 4.79 Å². The molecule has 0 aliphatic heterocycles. The van der Waals surface area contributed by atoms with Gasteiger partial charge in [0.2, 0.25) is 5.88 Å². The van der Waals surface area contributed by atoms with E-state index < -0.39 is 6.16 Å². The van der Waals surface area contributed by atoms with Crippen molar-refractivity contribution in [3.63, 3.8) is 0 Å². The normalized spacial score (nSPS) is 11.0. The molecule has 0 saturated heterocycles. The molecule has 0 bridgehead atoms. The molecule has 2 aromatic carbocycles. The second-order valence-electron chi connectivity index (χ2n) is 4.98. The molecule has 1 N–H and O–H groups in total. The molecule has 0 amide bonds. The van der Waals surface area contributed by atoms with E-state index >= 15 is 0 Å². The van der Waals surface area contributed by atoms with Gasteiger partial charge in [-0.2, -0.15) is 0 Å². The fourth-order valence-corrected chi connectivity index (χ4v) is 3.53. The maximum Gasteiger partial charge on any atom is 0.512 e. The van der Waals surface area contributed by atoms with Crippen molar-refractivity contribution >= 4 is 67.8 Å². The van der Waals surface area contributed by atoms with E-state index in [0.29, 0.717) is 26.1 Å². The number of carboxylic acid groups (broad SMARTS) is 1. The minimum atomic E-state index is -1.40. The Morgan fingerprint density at radius 1 is 1.12 bits per heavy atom. The molecule has 0 atom stereocenters. The van der Waals surface area contributed by atoms with E-state index in [2.05, 4.69) is 15.9 Å². The molecule has 0 radical (unpaired) electrons. The number of rotatable bonds is 3. The molecule has 0 unspecified atom stereocenters. The van der Waals surface area contributed by atoms with Gasteiger partial charge in [0.1, 0.15) is 0 Å².